The maximum Gasteiger partial charge on any atom is 0.662 e. The van der Waals surface area contributed by atoms with Crippen LogP contribution < -0.4 is 8.69 Å². The molecule has 0 aliphatic carbocycles. The minimum atomic E-state index is -0.513. The summed E-state index contributed by atoms with van der Waals surface area (Å²) in [7, 11) is 0.778. The molecule has 0 spiro atoms. The lowest BCUT2D eigenvalue weighted by atomic mass is 10.0. The smallest absolute Gasteiger partial charge is 0.498 e. The first-order chi connectivity index (χ1) is 9.81. The number of nitrogens with one attached hydrogen (secondary N) is 2. The molecular weight excluding hydrogens is 407 g/mol. The van der Waals surface area contributed by atoms with E-state index in [9.17, 15) is 9.59 Å². The van der Waals surface area contributed by atoms with Crippen LogP contribution in [0.3, 0.4) is 0 Å². The average molecular weight is 429 g/mol. The van der Waals surface area contributed by atoms with E-state index in [1.54, 1.807) is 0 Å². The maximum absolute atomic E-state index is 11.7. The molecule has 0 aliphatic rings. The van der Waals surface area contributed by atoms with Gasteiger partial charge in [-0.25, -0.2) is 8.69 Å². The zero-order valence-corrected chi connectivity index (χ0v) is 15.9. The van der Waals surface area contributed by atoms with E-state index in [0.29, 0.717) is 24.7 Å². The second-order valence-electron chi connectivity index (χ2n) is 5.55. The van der Waals surface area contributed by atoms with Crippen molar-refractivity contribution in [2.75, 3.05) is 0 Å². The van der Waals surface area contributed by atoms with Crippen molar-refractivity contribution in [1.29, 1.82) is 0 Å². The summed E-state index contributed by atoms with van der Waals surface area (Å²) in [6.07, 6.45) is 1.20. The Morgan fingerprint density at radius 2 is 1.24 bits per heavy atom. The van der Waals surface area contributed by atoms with Gasteiger partial charge in [0.25, 0.3) is 0 Å². The molecule has 0 bridgehead atoms. The third-order valence-electron chi connectivity index (χ3n) is 2.58. The van der Waals surface area contributed by atoms with E-state index in [-0.39, 0.29) is 0 Å². The van der Waals surface area contributed by atoms with Crippen molar-refractivity contribution < 1.29 is 18.9 Å². The Hall–Kier alpha value is -0.115. The lowest BCUT2D eigenvalue weighted by Gasteiger charge is -2.17. The molecule has 2 N–H and O–H groups in total. The zero-order valence-electron chi connectivity index (χ0n) is 12.7. The highest BCUT2D eigenvalue weighted by Gasteiger charge is 2.24. The Bertz CT molecular complexity index is 302. The molecule has 0 fully saturated rings. The van der Waals surface area contributed by atoms with Crippen molar-refractivity contribution in [1.82, 2.24) is 8.69 Å². The third-order valence-corrected chi connectivity index (χ3v) is 3.68. The highest BCUT2D eigenvalue weighted by molar-refractivity contribution is 9.08. The molecule has 0 heterocycles. The maximum atomic E-state index is 11.7. The van der Waals surface area contributed by atoms with Gasteiger partial charge in [0.1, 0.15) is 12.1 Å². The summed E-state index contributed by atoms with van der Waals surface area (Å²) < 4.78 is 15.0. The van der Waals surface area contributed by atoms with Crippen LogP contribution in [0.25, 0.3) is 0 Å². The van der Waals surface area contributed by atoms with Crippen molar-refractivity contribution in [2.45, 2.75) is 52.6 Å². The third kappa shape index (κ3) is 9.49. The fourth-order valence-electron chi connectivity index (χ4n) is 1.60. The summed E-state index contributed by atoms with van der Waals surface area (Å²) in [6, 6.07) is -0.999. The topological polar surface area (TPSA) is 76.7 Å². The molecule has 0 amide bonds. The van der Waals surface area contributed by atoms with Gasteiger partial charge in [0.2, 0.25) is 0 Å². The monoisotopic (exact) mass is 427 g/mol. The van der Waals surface area contributed by atoms with E-state index in [0.717, 1.165) is 7.69 Å². The van der Waals surface area contributed by atoms with Gasteiger partial charge >= 0.3 is 19.6 Å². The predicted octanol–water partition coefficient (Wildman–Crippen LogP) is 2.24. The molecule has 0 saturated heterocycles. The van der Waals surface area contributed by atoms with Crippen molar-refractivity contribution in [3.05, 3.63) is 0 Å². The predicted molar refractivity (Wildman–Crippen MR) is 88.5 cm³/mol. The van der Waals surface area contributed by atoms with Gasteiger partial charge in [0, 0.05) is 32.3 Å². The number of rotatable bonds is 10. The Labute approximate surface area is 144 Å². The summed E-state index contributed by atoms with van der Waals surface area (Å²) >= 11 is 6.08. The van der Waals surface area contributed by atoms with E-state index >= 15 is 0 Å². The fraction of sp³-hybridized carbons (Fsp3) is 0.833. The van der Waals surface area contributed by atoms with Crippen LogP contribution in [-0.4, -0.2) is 31.7 Å². The zero-order chi connectivity index (χ0) is 16.4. The fourth-order valence-corrected chi connectivity index (χ4v) is 2.34. The van der Waals surface area contributed by atoms with Gasteiger partial charge in [-0.15, -0.1) is 0 Å². The van der Waals surface area contributed by atoms with Crippen LogP contribution in [0.4, 0.5) is 0 Å². The van der Waals surface area contributed by atoms with Crippen LogP contribution in [0, 0.1) is 11.8 Å². The summed E-state index contributed by atoms with van der Waals surface area (Å²) in [4.78, 5) is 23.5. The minimum Gasteiger partial charge on any atom is -0.498 e. The molecule has 121 valence electrons. The van der Waals surface area contributed by atoms with Gasteiger partial charge in [-0.2, -0.15) is 0 Å². The molecule has 0 aromatic rings. The Kier molecular flexibility index (Phi) is 11.4. The number of carbonyl (C=O) groups is 2. The first-order valence-corrected chi connectivity index (χ1v) is 8.35. The number of carbonyl (C=O) groups excluding carboxylic acids is 2. The lowest BCUT2D eigenvalue weighted by molar-refractivity contribution is -0.141. The van der Waals surface area contributed by atoms with Crippen molar-refractivity contribution in [2.24, 2.45) is 11.8 Å². The van der Waals surface area contributed by atoms with Crippen LogP contribution in [0.5, 0.6) is 0 Å². The second kappa shape index (κ2) is 11.5. The Balaban J connectivity index is 4.16. The minimum absolute atomic E-state index is 0.322. The molecule has 9 heteroatoms. The summed E-state index contributed by atoms with van der Waals surface area (Å²) in [6.45, 7) is 7.97. The first kappa shape index (κ1) is 20.9. The van der Waals surface area contributed by atoms with Gasteiger partial charge in [-0.3, -0.25) is 9.59 Å². The number of halogens is 2. The van der Waals surface area contributed by atoms with Gasteiger partial charge in [-0.05, 0) is 24.7 Å². The van der Waals surface area contributed by atoms with Crippen molar-refractivity contribution in [3.63, 3.8) is 0 Å². The van der Waals surface area contributed by atoms with Crippen LogP contribution in [0.15, 0.2) is 0 Å². The van der Waals surface area contributed by atoms with Gasteiger partial charge in [0.05, 0.1) is 0 Å². The average Bonchev–Trinajstić information content (AvgIpc) is 2.41. The SMILES string of the molecule is CC(C)C[C@H](NBr)C(=O)O[B]OC(=O)[C@H](CC(C)C)NBr. The van der Waals surface area contributed by atoms with Crippen molar-refractivity contribution in [3.8, 4) is 0 Å². The van der Waals surface area contributed by atoms with Gasteiger partial charge in [-0.1, -0.05) is 27.7 Å². The quantitative estimate of drug-likeness (QED) is 0.410. The molecule has 2 atom stereocenters. The van der Waals surface area contributed by atoms with Crippen molar-refractivity contribution >= 4 is 51.9 Å². The molecule has 0 saturated carbocycles. The number of hydrogen-bond acceptors (Lipinski definition) is 6. The summed E-state index contributed by atoms with van der Waals surface area (Å²) in [5.74, 6) is -0.382. The molecule has 6 nitrogen and oxygen atoms in total. The van der Waals surface area contributed by atoms with Crippen LogP contribution in [-0.2, 0) is 18.9 Å². The first-order valence-electron chi connectivity index (χ1n) is 6.76. The Morgan fingerprint density at radius 1 is 0.905 bits per heavy atom. The van der Waals surface area contributed by atoms with Crippen LogP contribution >= 0.6 is 32.3 Å². The molecule has 1 radical (unpaired) electrons. The summed E-state index contributed by atoms with van der Waals surface area (Å²) in [5.41, 5.74) is 0. The van der Waals surface area contributed by atoms with Gasteiger partial charge < -0.3 is 9.31 Å². The van der Waals surface area contributed by atoms with Crippen LogP contribution in [0.1, 0.15) is 40.5 Å². The van der Waals surface area contributed by atoms with E-state index < -0.39 is 24.0 Å². The molecule has 21 heavy (non-hydrogen) atoms. The second-order valence-corrected chi connectivity index (χ2v) is 6.47. The largest absolute Gasteiger partial charge is 0.662 e. The van der Waals surface area contributed by atoms with E-state index in [2.05, 4.69) is 41.0 Å². The highest BCUT2D eigenvalue weighted by Crippen LogP contribution is 2.09. The lowest BCUT2D eigenvalue weighted by Crippen LogP contribution is -2.37. The van der Waals surface area contributed by atoms with E-state index in [4.69, 9.17) is 9.31 Å². The standard InChI is InChI=1S/C12H22BBr2N2O4/c1-7(2)5-9(16-14)11(18)20-13-21-12(19)10(17-15)6-8(3)4/h7-10,16-17H,5-6H2,1-4H3/t9-,10-/m0/s1. The molecule has 0 aromatic carbocycles. The molecule has 0 unspecified atom stereocenters. The normalized spacial score (nSPS) is 13.9. The van der Waals surface area contributed by atoms with E-state index in [1.165, 1.54) is 0 Å². The van der Waals surface area contributed by atoms with Gasteiger partial charge in [0.15, 0.2) is 0 Å². The van der Waals surface area contributed by atoms with Crippen LogP contribution in [0.2, 0.25) is 0 Å². The van der Waals surface area contributed by atoms with E-state index in [1.807, 2.05) is 27.7 Å². The molecule has 0 rings (SSSR count). The highest BCUT2D eigenvalue weighted by atomic mass is 79.9. The summed E-state index contributed by atoms with van der Waals surface area (Å²) in [5, 5.41) is 0. The molecule has 0 aromatic heterocycles. The molecular formula is C12H22BBr2N2O4. The number of hydrogen-bond donors (Lipinski definition) is 2. The Morgan fingerprint density at radius 3 is 1.48 bits per heavy atom. The molecule has 0 aliphatic heterocycles.